The molecule has 13 heavy (non-hydrogen) atoms. The van der Waals surface area contributed by atoms with Gasteiger partial charge in [0.15, 0.2) is 0 Å². The van der Waals surface area contributed by atoms with Gasteiger partial charge in [0, 0.05) is 5.75 Å². The van der Waals surface area contributed by atoms with E-state index in [-0.39, 0.29) is 12.7 Å². The Bertz CT molecular complexity index is 152. The highest BCUT2D eigenvalue weighted by atomic mass is 32.1. The van der Waals surface area contributed by atoms with Crippen molar-refractivity contribution in [3.05, 3.63) is 0 Å². The molecule has 5 heteroatoms. The van der Waals surface area contributed by atoms with Gasteiger partial charge in [0.2, 0.25) is 0 Å². The molecule has 0 aliphatic heterocycles. The van der Waals surface area contributed by atoms with Crippen LogP contribution >= 0.6 is 12.6 Å². The van der Waals surface area contributed by atoms with Crippen molar-refractivity contribution in [1.82, 2.24) is 0 Å². The molecule has 0 aromatic rings. The van der Waals surface area contributed by atoms with Gasteiger partial charge in [-0.15, -0.1) is 0 Å². The first-order chi connectivity index (χ1) is 6.07. The number of hydrogen-bond acceptors (Lipinski definition) is 5. The molecule has 0 aromatic heterocycles. The number of rotatable bonds is 6. The van der Waals surface area contributed by atoms with Crippen molar-refractivity contribution in [2.75, 3.05) is 19.0 Å². The van der Waals surface area contributed by atoms with Gasteiger partial charge in [-0.1, -0.05) is 0 Å². The molecule has 0 aliphatic carbocycles. The first-order valence-corrected chi connectivity index (χ1v) is 4.85. The van der Waals surface area contributed by atoms with E-state index in [0.29, 0.717) is 12.4 Å². The normalized spacial score (nSPS) is 13.0. The number of nitrogens with two attached hydrogens (primary N) is 1. The van der Waals surface area contributed by atoms with Crippen molar-refractivity contribution in [2.24, 2.45) is 5.73 Å². The van der Waals surface area contributed by atoms with Gasteiger partial charge in [0.05, 0.1) is 12.7 Å². The number of thiol groups is 1. The van der Waals surface area contributed by atoms with E-state index in [0.717, 1.165) is 0 Å². The Balaban J connectivity index is 3.37. The van der Waals surface area contributed by atoms with Gasteiger partial charge in [-0.2, -0.15) is 12.6 Å². The summed E-state index contributed by atoms with van der Waals surface area (Å²) in [7, 11) is 0. The van der Waals surface area contributed by atoms with Gasteiger partial charge in [-0.25, -0.2) is 0 Å². The minimum absolute atomic E-state index is 0.150. The summed E-state index contributed by atoms with van der Waals surface area (Å²) >= 11 is 3.88. The summed E-state index contributed by atoms with van der Waals surface area (Å²) < 4.78 is 9.98. The minimum Gasteiger partial charge on any atom is -0.462 e. The smallest absolute Gasteiger partial charge is 0.323 e. The molecule has 0 heterocycles. The van der Waals surface area contributed by atoms with Crippen LogP contribution in [0.15, 0.2) is 0 Å². The van der Waals surface area contributed by atoms with Crippen LogP contribution in [0.2, 0.25) is 0 Å². The molecule has 0 saturated heterocycles. The third kappa shape index (κ3) is 6.86. The van der Waals surface area contributed by atoms with E-state index in [9.17, 15) is 4.79 Å². The van der Waals surface area contributed by atoms with E-state index < -0.39 is 12.0 Å². The first kappa shape index (κ1) is 12.7. The topological polar surface area (TPSA) is 61.5 Å². The van der Waals surface area contributed by atoms with Crippen LogP contribution in [0.4, 0.5) is 0 Å². The minimum atomic E-state index is -0.637. The largest absolute Gasteiger partial charge is 0.462 e. The number of esters is 1. The second kappa shape index (κ2) is 7.17. The summed E-state index contributed by atoms with van der Waals surface area (Å²) in [5.41, 5.74) is 5.37. The Labute approximate surface area is 84.2 Å². The summed E-state index contributed by atoms with van der Waals surface area (Å²) in [4.78, 5) is 11.0. The molecule has 1 unspecified atom stereocenters. The fourth-order valence-electron chi connectivity index (χ4n) is 0.608. The molecule has 0 spiro atoms. The quantitative estimate of drug-likeness (QED) is 0.371. The van der Waals surface area contributed by atoms with Crippen molar-refractivity contribution in [3.63, 3.8) is 0 Å². The number of ether oxygens (including phenoxy) is 2. The molecule has 0 bridgehead atoms. The zero-order valence-electron chi connectivity index (χ0n) is 8.03. The maximum atomic E-state index is 11.0. The molecule has 0 saturated carbocycles. The Morgan fingerprint density at radius 2 is 2.08 bits per heavy atom. The van der Waals surface area contributed by atoms with Gasteiger partial charge in [0.1, 0.15) is 12.6 Å². The van der Waals surface area contributed by atoms with Gasteiger partial charge in [-0.3, -0.25) is 4.79 Å². The summed E-state index contributed by atoms with van der Waals surface area (Å²) in [5.74, 6) is -0.133. The second-order valence-corrected chi connectivity index (χ2v) is 3.24. The van der Waals surface area contributed by atoms with Crippen LogP contribution < -0.4 is 5.73 Å². The summed E-state index contributed by atoms with van der Waals surface area (Å²) in [6.07, 6.45) is 0.150. The van der Waals surface area contributed by atoms with E-state index in [1.54, 1.807) is 0 Å². The fraction of sp³-hybridized carbons (Fsp3) is 0.875. The zero-order chi connectivity index (χ0) is 10.3. The Kier molecular flexibility index (Phi) is 7.03. The fourth-order valence-corrected chi connectivity index (χ4v) is 0.757. The summed E-state index contributed by atoms with van der Waals surface area (Å²) in [6, 6.07) is -0.637. The number of hydrogen-bond donors (Lipinski definition) is 2. The molecule has 0 aromatic carbocycles. The van der Waals surface area contributed by atoms with Crippen LogP contribution in [0.3, 0.4) is 0 Å². The van der Waals surface area contributed by atoms with Crippen molar-refractivity contribution >= 4 is 18.6 Å². The SMILES string of the molecule is CC(C)OCCOC(=O)C(N)CS. The van der Waals surface area contributed by atoms with Crippen LogP contribution in [0, 0.1) is 0 Å². The standard InChI is InChI=1S/C8H17NO3S/c1-6(2)11-3-4-12-8(10)7(9)5-13/h6-7,13H,3-5,9H2,1-2H3. The molecule has 0 rings (SSSR count). The van der Waals surface area contributed by atoms with Gasteiger partial charge in [-0.05, 0) is 13.8 Å². The summed E-state index contributed by atoms with van der Waals surface area (Å²) in [6.45, 7) is 4.49. The lowest BCUT2D eigenvalue weighted by atomic mass is 10.4. The van der Waals surface area contributed by atoms with Crippen LogP contribution in [0.5, 0.6) is 0 Å². The van der Waals surface area contributed by atoms with Crippen LogP contribution in [0.25, 0.3) is 0 Å². The Hall–Kier alpha value is -0.260. The van der Waals surface area contributed by atoms with E-state index in [4.69, 9.17) is 15.2 Å². The maximum absolute atomic E-state index is 11.0. The van der Waals surface area contributed by atoms with E-state index in [1.807, 2.05) is 13.8 Å². The van der Waals surface area contributed by atoms with E-state index in [1.165, 1.54) is 0 Å². The lowest BCUT2D eigenvalue weighted by Gasteiger charge is -2.10. The first-order valence-electron chi connectivity index (χ1n) is 4.22. The second-order valence-electron chi connectivity index (χ2n) is 2.88. The maximum Gasteiger partial charge on any atom is 0.323 e. The Morgan fingerprint density at radius 3 is 2.54 bits per heavy atom. The third-order valence-corrected chi connectivity index (χ3v) is 1.67. The molecular weight excluding hydrogens is 190 g/mol. The van der Waals surface area contributed by atoms with Crippen molar-refractivity contribution in [3.8, 4) is 0 Å². The molecule has 0 aliphatic rings. The van der Waals surface area contributed by atoms with Crippen molar-refractivity contribution in [1.29, 1.82) is 0 Å². The lowest BCUT2D eigenvalue weighted by molar-refractivity contribution is -0.146. The highest BCUT2D eigenvalue weighted by Crippen LogP contribution is 1.91. The molecule has 2 N–H and O–H groups in total. The lowest BCUT2D eigenvalue weighted by Crippen LogP contribution is -2.34. The van der Waals surface area contributed by atoms with Gasteiger partial charge in [0.25, 0.3) is 0 Å². The van der Waals surface area contributed by atoms with Crippen molar-refractivity contribution < 1.29 is 14.3 Å². The van der Waals surface area contributed by atoms with Gasteiger partial charge < -0.3 is 15.2 Å². The number of carbonyl (C=O) groups is 1. The van der Waals surface area contributed by atoms with E-state index >= 15 is 0 Å². The van der Waals surface area contributed by atoms with Crippen molar-refractivity contribution in [2.45, 2.75) is 26.0 Å². The Morgan fingerprint density at radius 1 is 1.46 bits per heavy atom. The molecule has 0 fully saturated rings. The molecule has 0 radical (unpaired) electrons. The van der Waals surface area contributed by atoms with E-state index in [2.05, 4.69) is 12.6 Å². The molecule has 0 amide bonds. The molecule has 4 nitrogen and oxygen atoms in total. The average Bonchev–Trinajstić information content (AvgIpc) is 2.10. The predicted molar refractivity (Wildman–Crippen MR) is 53.9 cm³/mol. The molecule has 78 valence electrons. The van der Waals surface area contributed by atoms with Crippen LogP contribution in [0.1, 0.15) is 13.8 Å². The van der Waals surface area contributed by atoms with Crippen LogP contribution in [-0.2, 0) is 14.3 Å². The zero-order valence-corrected chi connectivity index (χ0v) is 8.92. The summed E-state index contributed by atoms with van der Waals surface area (Å²) in [5, 5.41) is 0. The monoisotopic (exact) mass is 207 g/mol. The number of carbonyl (C=O) groups excluding carboxylic acids is 1. The predicted octanol–water partition coefficient (Wildman–Crippen LogP) is 0.212. The highest BCUT2D eigenvalue weighted by molar-refractivity contribution is 7.80. The molecular formula is C8H17NO3S. The third-order valence-electron chi connectivity index (χ3n) is 1.28. The van der Waals surface area contributed by atoms with Gasteiger partial charge >= 0.3 is 5.97 Å². The highest BCUT2D eigenvalue weighted by Gasteiger charge is 2.12. The average molecular weight is 207 g/mol. The molecule has 1 atom stereocenters. The van der Waals surface area contributed by atoms with Crippen LogP contribution in [-0.4, -0.2) is 37.1 Å².